The van der Waals surface area contributed by atoms with E-state index in [1.54, 1.807) is 0 Å². The number of piperidine rings is 1. The molecule has 0 unspecified atom stereocenters. The van der Waals surface area contributed by atoms with Gasteiger partial charge in [0, 0.05) is 24.7 Å². The molecule has 1 saturated heterocycles. The molecule has 2 rings (SSSR count). The van der Waals surface area contributed by atoms with E-state index in [-0.39, 0.29) is 18.0 Å². The lowest BCUT2D eigenvalue weighted by Crippen LogP contribution is -2.51. The molecule has 3 N–H and O–H groups in total. The quantitative estimate of drug-likeness (QED) is 0.574. The van der Waals surface area contributed by atoms with Gasteiger partial charge in [-0.3, -0.25) is 9.69 Å². The molecule has 1 heterocycles. The molecule has 78 valence electrons. The number of fused-ring (bicyclic) bond motifs is 2. The van der Waals surface area contributed by atoms with Crippen LogP contribution < -0.4 is 11.1 Å². The number of nitrogens with zero attached hydrogens (tertiary/aromatic N) is 1. The molecular weight excluding hydrogens is 178 g/mol. The van der Waals surface area contributed by atoms with Crippen molar-refractivity contribution >= 4 is 5.91 Å². The van der Waals surface area contributed by atoms with Gasteiger partial charge in [0.1, 0.15) is 0 Å². The minimum atomic E-state index is -0.0943. The van der Waals surface area contributed by atoms with E-state index in [4.69, 9.17) is 5.73 Å². The second kappa shape index (κ2) is 3.37. The Labute approximate surface area is 84.1 Å². The molecule has 4 heteroatoms. The molecule has 4 nitrogen and oxygen atoms in total. The highest BCUT2D eigenvalue weighted by Gasteiger charge is 2.49. The highest BCUT2D eigenvalue weighted by Crippen LogP contribution is 2.35. The SMILES string of the molecule is C=CC(=O)N[C@H]1C[C@@H]2CN(C)[C@H]1[C@@H]2N. The van der Waals surface area contributed by atoms with Crippen LogP contribution in [0.4, 0.5) is 0 Å². The van der Waals surface area contributed by atoms with Gasteiger partial charge >= 0.3 is 0 Å². The number of carbonyl (C=O) groups is 1. The van der Waals surface area contributed by atoms with Crippen molar-refractivity contribution in [3.63, 3.8) is 0 Å². The Hall–Kier alpha value is -0.870. The highest BCUT2D eigenvalue weighted by molar-refractivity contribution is 5.87. The van der Waals surface area contributed by atoms with Gasteiger partial charge in [-0.2, -0.15) is 0 Å². The molecule has 4 atom stereocenters. The average molecular weight is 195 g/mol. The fourth-order valence-electron chi connectivity index (χ4n) is 2.84. The van der Waals surface area contributed by atoms with Gasteiger partial charge in [0.2, 0.25) is 5.91 Å². The van der Waals surface area contributed by atoms with Gasteiger partial charge < -0.3 is 11.1 Å². The van der Waals surface area contributed by atoms with Gasteiger partial charge in [-0.25, -0.2) is 0 Å². The Bertz CT molecular complexity index is 266. The maximum Gasteiger partial charge on any atom is 0.243 e. The monoisotopic (exact) mass is 195 g/mol. The summed E-state index contributed by atoms with van der Waals surface area (Å²) in [6.07, 6.45) is 2.33. The number of rotatable bonds is 2. The number of likely N-dealkylation sites (N-methyl/N-ethyl adjacent to an activating group) is 1. The number of nitrogens with one attached hydrogen (secondary N) is 1. The lowest BCUT2D eigenvalue weighted by Gasteiger charge is -2.30. The summed E-state index contributed by atoms with van der Waals surface area (Å²) < 4.78 is 0. The zero-order valence-corrected chi connectivity index (χ0v) is 8.44. The van der Waals surface area contributed by atoms with Crippen molar-refractivity contribution in [2.24, 2.45) is 11.7 Å². The van der Waals surface area contributed by atoms with Crippen molar-refractivity contribution in [2.45, 2.75) is 24.5 Å². The summed E-state index contributed by atoms with van der Waals surface area (Å²) in [6.45, 7) is 4.51. The van der Waals surface area contributed by atoms with Crippen LogP contribution in [0.3, 0.4) is 0 Å². The van der Waals surface area contributed by atoms with Crippen LogP contribution in [0.5, 0.6) is 0 Å². The zero-order chi connectivity index (χ0) is 10.3. The first-order chi connectivity index (χ1) is 6.63. The summed E-state index contributed by atoms with van der Waals surface area (Å²) in [5.41, 5.74) is 6.06. The maximum atomic E-state index is 11.2. The molecular formula is C10H17N3O. The van der Waals surface area contributed by atoms with Gasteiger partial charge in [-0.1, -0.05) is 6.58 Å². The van der Waals surface area contributed by atoms with Crippen LogP contribution in [0.1, 0.15) is 6.42 Å². The van der Waals surface area contributed by atoms with Crippen molar-refractivity contribution in [1.82, 2.24) is 10.2 Å². The molecule has 1 amide bonds. The first kappa shape index (κ1) is 9.68. The molecule has 1 saturated carbocycles. The summed E-state index contributed by atoms with van der Waals surface area (Å²) in [4.78, 5) is 13.4. The Kier molecular flexibility index (Phi) is 2.33. The first-order valence-electron chi connectivity index (χ1n) is 5.02. The molecule has 2 aliphatic rings. The Balaban J connectivity index is 2.03. The Morgan fingerprint density at radius 3 is 2.93 bits per heavy atom. The maximum absolute atomic E-state index is 11.2. The van der Waals surface area contributed by atoms with Crippen LogP contribution >= 0.6 is 0 Å². The van der Waals surface area contributed by atoms with Crippen LogP contribution in [0, 0.1) is 5.92 Å². The van der Waals surface area contributed by atoms with Crippen LogP contribution in [0.15, 0.2) is 12.7 Å². The summed E-state index contributed by atoms with van der Waals surface area (Å²) >= 11 is 0. The minimum Gasteiger partial charge on any atom is -0.348 e. The van der Waals surface area contributed by atoms with Crippen molar-refractivity contribution in [3.8, 4) is 0 Å². The molecule has 2 fully saturated rings. The molecule has 0 aromatic heterocycles. The molecule has 0 radical (unpaired) electrons. The topological polar surface area (TPSA) is 58.4 Å². The van der Waals surface area contributed by atoms with E-state index in [0.29, 0.717) is 12.0 Å². The third kappa shape index (κ3) is 1.35. The number of likely N-dealkylation sites (tertiary alicyclic amines) is 1. The smallest absolute Gasteiger partial charge is 0.243 e. The van der Waals surface area contributed by atoms with E-state index in [1.165, 1.54) is 6.08 Å². The predicted molar refractivity (Wildman–Crippen MR) is 54.6 cm³/mol. The third-order valence-corrected chi connectivity index (χ3v) is 3.45. The number of hydrogen-bond acceptors (Lipinski definition) is 3. The number of carbonyl (C=O) groups excluding carboxylic acids is 1. The van der Waals surface area contributed by atoms with Crippen molar-refractivity contribution < 1.29 is 4.79 Å². The number of hydrogen-bond donors (Lipinski definition) is 2. The summed E-state index contributed by atoms with van der Waals surface area (Å²) in [5.74, 6) is 0.447. The van der Waals surface area contributed by atoms with Crippen LogP contribution in [0.25, 0.3) is 0 Å². The highest BCUT2D eigenvalue weighted by atomic mass is 16.1. The van der Waals surface area contributed by atoms with Gasteiger partial charge in [0.15, 0.2) is 0 Å². The van der Waals surface area contributed by atoms with Crippen molar-refractivity contribution in [1.29, 1.82) is 0 Å². The first-order valence-corrected chi connectivity index (χ1v) is 5.02. The van der Waals surface area contributed by atoms with Gasteiger partial charge in [0.25, 0.3) is 0 Å². The molecule has 0 spiro atoms. The summed E-state index contributed by atoms with van der Waals surface area (Å²) in [5, 5.41) is 2.94. The van der Waals surface area contributed by atoms with Crippen LogP contribution in [0.2, 0.25) is 0 Å². The van der Waals surface area contributed by atoms with Gasteiger partial charge in [-0.05, 0) is 25.5 Å². The second-order valence-electron chi connectivity index (χ2n) is 4.32. The molecule has 1 aliphatic heterocycles. The summed E-state index contributed by atoms with van der Waals surface area (Å²) in [7, 11) is 2.07. The van der Waals surface area contributed by atoms with Crippen LogP contribution in [-0.2, 0) is 4.79 Å². The minimum absolute atomic E-state index is 0.0943. The summed E-state index contributed by atoms with van der Waals surface area (Å²) in [6, 6.07) is 0.735. The molecule has 0 aromatic carbocycles. The zero-order valence-electron chi connectivity index (χ0n) is 8.44. The largest absolute Gasteiger partial charge is 0.348 e. The number of amides is 1. The van der Waals surface area contributed by atoms with E-state index in [1.807, 2.05) is 0 Å². The normalized spacial score (nSPS) is 41.3. The Morgan fingerprint density at radius 2 is 2.43 bits per heavy atom. The van der Waals surface area contributed by atoms with E-state index >= 15 is 0 Å². The van der Waals surface area contributed by atoms with Gasteiger partial charge in [-0.15, -0.1) is 0 Å². The Morgan fingerprint density at radius 1 is 1.71 bits per heavy atom. The van der Waals surface area contributed by atoms with Crippen molar-refractivity contribution in [3.05, 3.63) is 12.7 Å². The van der Waals surface area contributed by atoms with E-state index in [2.05, 4.69) is 23.8 Å². The van der Waals surface area contributed by atoms with Crippen LogP contribution in [-0.4, -0.2) is 42.5 Å². The van der Waals surface area contributed by atoms with Crippen molar-refractivity contribution in [2.75, 3.05) is 13.6 Å². The second-order valence-corrected chi connectivity index (χ2v) is 4.32. The third-order valence-electron chi connectivity index (χ3n) is 3.45. The fourth-order valence-corrected chi connectivity index (χ4v) is 2.84. The molecule has 0 aromatic rings. The lowest BCUT2D eigenvalue weighted by atomic mass is 10.1. The molecule has 2 bridgehead atoms. The lowest BCUT2D eigenvalue weighted by molar-refractivity contribution is -0.117. The van der Waals surface area contributed by atoms with E-state index in [0.717, 1.165) is 13.0 Å². The fraction of sp³-hybridized carbons (Fsp3) is 0.700. The van der Waals surface area contributed by atoms with E-state index < -0.39 is 0 Å². The number of nitrogens with two attached hydrogens (primary N) is 1. The predicted octanol–water partition coefficient (Wildman–Crippen LogP) is -0.682. The van der Waals surface area contributed by atoms with Gasteiger partial charge in [0.05, 0.1) is 0 Å². The molecule has 1 aliphatic carbocycles. The molecule has 14 heavy (non-hydrogen) atoms. The van der Waals surface area contributed by atoms with E-state index in [9.17, 15) is 4.79 Å². The average Bonchev–Trinajstić information content (AvgIpc) is 2.57. The standard InChI is InChI=1S/C10H17N3O/c1-3-8(14)12-7-4-6-5-13(2)10(7)9(6)11/h3,6-7,9-10H,1,4-5,11H2,2H3,(H,12,14)/t6-,7+,9-,10-/m1/s1.